The number of rotatable bonds is 6. The fraction of sp³-hybridized carbons (Fsp3) is 0.0526. The molecule has 0 amide bonds. The van der Waals surface area contributed by atoms with Crippen molar-refractivity contribution in [3.05, 3.63) is 67.0 Å². The SMILES string of the molecule is COc1ccc(Nc2nc(N)n(-c3cc(Nc4ccccc4)ncn3)n2)cc1. The van der Waals surface area contributed by atoms with E-state index >= 15 is 0 Å². The van der Waals surface area contributed by atoms with Crippen molar-refractivity contribution < 1.29 is 4.74 Å². The van der Waals surface area contributed by atoms with Crippen LogP contribution in [0.3, 0.4) is 0 Å². The van der Waals surface area contributed by atoms with Gasteiger partial charge in [0.2, 0.25) is 11.9 Å². The van der Waals surface area contributed by atoms with Crippen molar-refractivity contribution in [1.82, 2.24) is 24.7 Å². The fourth-order valence-corrected chi connectivity index (χ4v) is 2.55. The Balaban J connectivity index is 1.55. The quantitative estimate of drug-likeness (QED) is 0.471. The number of hydrogen-bond acceptors (Lipinski definition) is 8. The highest BCUT2D eigenvalue weighted by Gasteiger charge is 2.11. The van der Waals surface area contributed by atoms with Crippen LogP contribution in [-0.2, 0) is 0 Å². The highest BCUT2D eigenvalue weighted by atomic mass is 16.5. The molecule has 0 spiro atoms. The van der Waals surface area contributed by atoms with E-state index in [1.807, 2.05) is 54.6 Å². The normalized spacial score (nSPS) is 10.5. The summed E-state index contributed by atoms with van der Waals surface area (Å²) in [6.07, 6.45) is 1.44. The molecule has 28 heavy (non-hydrogen) atoms. The van der Waals surface area contributed by atoms with Gasteiger partial charge in [0.05, 0.1) is 7.11 Å². The lowest BCUT2D eigenvalue weighted by Gasteiger charge is -2.07. The van der Waals surface area contributed by atoms with Crippen LogP contribution in [-0.4, -0.2) is 31.8 Å². The Bertz CT molecular complexity index is 1060. The van der Waals surface area contributed by atoms with Gasteiger partial charge in [-0.2, -0.15) is 9.67 Å². The maximum Gasteiger partial charge on any atom is 0.248 e. The Labute approximate surface area is 161 Å². The van der Waals surface area contributed by atoms with Gasteiger partial charge in [-0.15, -0.1) is 5.10 Å². The van der Waals surface area contributed by atoms with Crippen LogP contribution in [0.2, 0.25) is 0 Å². The maximum atomic E-state index is 6.02. The average molecular weight is 374 g/mol. The van der Waals surface area contributed by atoms with Crippen LogP contribution in [0.1, 0.15) is 0 Å². The molecule has 0 aliphatic heterocycles. The van der Waals surface area contributed by atoms with Crippen molar-refractivity contribution >= 4 is 29.1 Å². The van der Waals surface area contributed by atoms with Gasteiger partial charge in [0.1, 0.15) is 17.9 Å². The average Bonchev–Trinajstić information content (AvgIpc) is 3.09. The molecule has 2 aromatic carbocycles. The summed E-state index contributed by atoms with van der Waals surface area (Å²) in [5.74, 6) is 2.46. The predicted molar refractivity (Wildman–Crippen MR) is 107 cm³/mol. The third-order valence-electron chi connectivity index (χ3n) is 3.89. The van der Waals surface area contributed by atoms with Gasteiger partial charge in [-0.1, -0.05) is 18.2 Å². The molecule has 4 aromatic rings. The number of aromatic nitrogens is 5. The predicted octanol–water partition coefficient (Wildman–Crippen LogP) is 3.14. The summed E-state index contributed by atoms with van der Waals surface area (Å²) in [5.41, 5.74) is 7.75. The number of benzene rings is 2. The first-order chi connectivity index (χ1) is 13.7. The van der Waals surface area contributed by atoms with E-state index in [1.54, 1.807) is 13.2 Å². The maximum absolute atomic E-state index is 6.02. The van der Waals surface area contributed by atoms with Crippen LogP contribution < -0.4 is 21.1 Å². The van der Waals surface area contributed by atoms with E-state index in [0.717, 1.165) is 17.1 Å². The molecular formula is C19H18N8O. The Kier molecular flexibility index (Phi) is 4.70. The van der Waals surface area contributed by atoms with E-state index in [0.29, 0.717) is 17.6 Å². The van der Waals surface area contributed by atoms with Crippen LogP contribution in [0.5, 0.6) is 5.75 Å². The molecule has 0 fully saturated rings. The molecule has 0 unspecified atom stereocenters. The number of para-hydroxylation sites is 1. The minimum Gasteiger partial charge on any atom is -0.497 e. The second-order valence-electron chi connectivity index (χ2n) is 5.81. The highest BCUT2D eigenvalue weighted by Crippen LogP contribution is 2.21. The van der Waals surface area contributed by atoms with Gasteiger partial charge in [0, 0.05) is 17.4 Å². The summed E-state index contributed by atoms with van der Waals surface area (Å²) in [6, 6.07) is 18.9. The molecule has 0 aliphatic rings. The zero-order valence-electron chi connectivity index (χ0n) is 15.1. The molecule has 9 heteroatoms. The zero-order valence-corrected chi connectivity index (χ0v) is 15.1. The molecule has 4 rings (SSSR count). The highest BCUT2D eigenvalue weighted by molar-refractivity contribution is 5.58. The summed E-state index contributed by atoms with van der Waals surface area (Å²) < 4.78 is 6.60. The van der Waals surface area contributed by atoms with Gasteiger partial charge in [-0.05, 0) is 36.4 Å². The van der Waals surface area contributed by atoms with E-state index in [4.69, 9.17) is 10.5 Å². The number of nitrogens with two attached hydrogens (primary N) is 1. The largest absolute Gasteiger partial charge is 0.497 e. The van der Waals surface area contributed by atoms with E-state index in [2.05, 4.69) is 30.7 Å². The smallest absolute Gasteiger partial charge is 0.248 e. The van der Waals surface area contributed by atoms with E-state index in [1.165, 1.54) is 11.0 Å². The lowest BCUT2D eigenvalue weighted by molar-refractivity contribution is 0.415. The van der Waals surface area contributed by atoms with E-state index < -0.39 is 0 Å². The van der Waals surface area contributed by atoms with Crippen LogP contribution in [0.15, 0.2) is 67.0 Å². The van der Waals surface area contributed by atoms with Crippen molar-refractivity contribution in [2.24, 2.45) is 0 Å². The van der Waals surface area contributed by atoms with Gasteiger partial charge < -0.3 is 21.1 Å². The molecule has 2 aromatic heterocycles. The van der Waals surface area contributed by atoms with Gasteiger partial charge in [-0.25, -0.2) is 9.97 Å². The molecule has 0 saturated heterocycles. The third-order valence-corrected chi connectivity index (χ3v) is 3.89. The molecule has 0 atom stereocenters. The van der Waals surface area contributed by atoms with E-state index in [9.17, 15) is 0 Å². The Morgan fingerprint density at radius 1 is 0.929 bits per heavy atom. The Hall–Kier alpha value is -4.14. The first-order valence-electron chi connectivity index (χ1n) is 8.49. The Morgan fingerprint density at radius 2 is 1.68 bits per heavy atom. The molecule has 2 heterocycles. The fourth-order valence-electron chi connectivity index (χ4n) is 2.55. The topological polar surface area (TPSA) is 116 Å². The van der Waals surface area contributed by atoms with Gasteiger partial charge in [-0.3, -0.25) is 0 Å². The summed E-state index contributed by atoms with van der Waals surface area (Å²) in [5, 5.41) is 10.7. The molecule has 0 saturated carbocycles. The number of nitrogens with one attached hydrogen (secondary N) is 2. The van der Waals surface area contributed by atoms with Crippen molar-refractivity contribution in [2.45, 2.75) is 0 Å². The van der Waals surface area contributed by atoms with Crippen LogP contribution in [0.4, 0.5) is 29.1 Å². The van der Waals surface area contributed by atoms with Gasteiger partial charge in [0.25, 0.3) is 0 Å². The number of anilines is 5. The third kappa shape index (κ3) is 3.83. The molecule has 9 nitrogen and oxygen atoms in total. The second kappa shape index (κ2) is 7.62. The van der Waals surface area contributed by atoms with Crippen molar-refractivity contribution in [3.63, 3.8) is 0 Å². The lowest BCUT2D eigenvalue weighted by Crippen LogP contribution is -2.06. The summed E-state index contributed by atoms with van der Waals surface area (Å²) in [7, 11) is 1.62. The molecule has 4 N–H and O–H groups in total. The summed E-state index contributed by atoms with van der Waals surface area (Å²) in [4.78, 5) is 12.7. The molecular weight excluding hydrogens is 356 g/mol. The number of nitrogens with zero attached hydrogens (tertiary/aromatic N) is 5. The molecule has 140 valence electrons. The van der Waals surface area contributed by atoms with Crippen LogP contribution in [0.25, 0.3) is 5.82 Å². The summed E-state index contributed by atoms with van der Waals surface area (Å²) in [6.45, 7) is 0. The monoisotopic (exact) mass is 374 g/mol. The van der Waals surface area contributed by atoms with Crippen molar-refractivity contribution in [3.8, 4) is 11.6 Å². The second-order valence-corrected chi connectivity index (χ2v) is 5.81. The number of methoxy groups -OCH3 is 1. The zero-order chi connectivity index (χ0) is 19.3. The molecule has 0 radical (unpaired) electrons. The van der Waals surface area contributed by atoms with Gasteiger partial charge in [0.15, 0.2) is 5.82 Å². The number of ether oxygens (including phenoxy) is 1. The molecule has 0 aliphatic carbocycles. The lowest BCUT2D eigenvalue weighted by atomic mass is 10.3. The first kappa shape index (κ1) is 17.3. The number of nitrogen functional groups attached to an aromatic ring is 1. The Morgan fingerprint density at radius 3 is 2.43 bits per heavy atom. The first-order valence-corrected chi connectivity index (χ1v) is 8.49. The standard InChI is InChI=1S/C19H18N8O/c1-28-15-9-7-14(8-10-15)24-19-25-18(20)27(26-19)17-11-16(21-12-22-17)23-13-5-3-2-4-6-13/h2-12H,1H3,(H,21,22,23)(H3,20,24,25,26). The van der Waals surface area contributed by atoms with E-state index in [-0.39, 0.29) is 5.95 Å². The minimum atomic E-state index is 0.209. The van der Waals surface area contributed by atoms with Crippen LogP contribution >= 0.6 is 0 Å². The van der Waals surface area contributed by atoms with Crippen molar-refractivity contribution in [2.75, 3.05) is 23.5 Å². The van der Waals surface area contributed by atoms with Gasteiger partial charge >= 0.3 is 0 Å². The van der Waals surface area contributed by atoms with Crippen molar-refractivity contribution in [1.29, 1.82) is 0 Å². The number of hydrogen-bond donors (Lipinski definition) is 3. The molecule has 0 bridgehead atoms. The minimum absolute atomic E-state index is 0.209. The van der Waals surface area contributed by atoms with Crippen LogP contribution in [0, 0.1) is 0 Å². The summed E-state index contributed by atoms with van der Waals surface area (Å²) >= 11 is 0.